The fraction of sp³-hybridized carbons (Fsp3) is 0.833. The SMILES string of the molecule is NS(=O)(=O)C1CCN(C(=O)C(F)(F)F)C1. The lowest BCUT2D eigenvalue weighted by atomic mass is 10.4. The van der Waals surface area contributed by atoms with E-state index in [0.29, 0.717) is 4.90 Å². The number of sulfonamides is 1. The van der Waals surface area contributed by atoms with Crippen LogP contribution in [-0.4, -0.2) is 43.7 Å². The number of carbonyl (C=O) groups excluding carboxylic acids is 1. The van der Waals surface area contributed by atoms with Crippen LogP contribution in [0.1, 0.15) is 6.42 Å². The molecule has 1 atom stereocenters. The summed E-state index contributed by atoms with van der Waals surface area (Å²) in [7, 11) is -3.88. The van der Waals surface area contributed by atoms with Gasteiger partial charge in [-0.05, 0) is 6.42 Å². The van der Waals surface area contributed by atoms with Crippen LogP contribution in [0.3, 0.4) is 0 Å². The number of hydrogen-bond donors (Lipinski definition) is 1. The van der Waals surface area contributed by atoms with E-state index in [1.54, 1.807) is 0 Å². The van der Waals surface area contributed by atoms with Crippen molar-refractivity contribution in [3.8, 4) is 0 Å². The van der Waals surface area contributed by atoms with Crippen molar-refractivity contribution in [1.82, 2.24) is 4.90 Å². The molecule has 1 aliphatic rings. The zero-order valence-electron chi connectivity index (χ0n) is 7.49. The summed E-state index contributed by atoms with van der Waals surface area (Å²) >= 11 is 0. The molecule has 0 bridgehead atoms. The number of alkyl halides is 3. The van der Waals surface area contributed by atoms with Gasteiger partial charge in [0.2, 0.25) is 10.0 Å². The third kappa shape index (κ3) is 2.81. The first-order valence-electron chi connectivity index (χ1n) is 4.00. The van der Waals surface area contributed by atoms with E-state index in [1.807, 2.05) is 0 Å². The van der Waals surface area contributed by atoms with Gasteiger partial charge in [-0.2, -0.15) is 13.2 Å². The van der Waals surface area contributed by atoms with E-state index in [2.05, 4.69) is 0 Å². The Hall–Kier alpha value is -0.830. The van der Waals surface area contributed by atoms with Gasteiger partial charge >= 0.3 is 12.1 Å². The Morgan fingerprint density at radius 3 is 2.27 bits per heavy atom. The van der Waals surface area contributed by atoms with Crippen LogP contribution in [0.2, 0.25) is 0 Å². The molecule has 0 spiro atoms. The lowest BCUT2D eigenvalue weighted by Gasteiger charge is -2.17. The molecule has 5 nitrogen and oxygen atoms in total. The third-order valence-corrected chi connectivity index (χ3v) is 3.45. The number of nitrogens with two attached hydrogens (primary N) is 1. The Morgan fingerprint density at radius 2 is 1.93 bits per heavy atom. The van der Waals surface area contributed by atoms with Gasteiger partial charge in [0.05, 0.1) is 5.25 Å². The minimum absolute atomic E-state index is 0.0549. The van der Waals surface area contributed by atoms with Crippen LogP contribution in [0, 0.1) is 0 Å². The molecule has 9 heteroatoms. The topological polar surface area (TPSA) is 80.5 Å². The van der Waals surface area contributed by atoms with Gasteiger partial charge in [-0.15, -0.1) is 0 Å². The minimum atomic E-state index is -4.97. The second-order valence-corrected chi connectivity index (χ2v) is 5.09. The molecule has 1 fully saturated rings. The average Bonchev–Trinajstić information content (AvgIpc) is 2.47. The maximum atomic E-state index is 12.0. The number of halogens is 3. The van der Waals surface area contributed by atoms with Gasteiger partial charge < -0.3 is 4.90 Å². The van der Waals surface area contributed by atoms with Gasteiger partial charge in [0.15, 0.2) is 0 Å². The van der Waals surface area contributed by atoms with E-state index in [1.165, 1.54) is 0 Å². The van der Waals surface area contributed by atoms with Gasteiger partial charge in [-0.25, -0.2) is 13.6 Å². The van der Waals surface area contributed by atoms with Gasteiger partial charge in [0.1, 0.15) is 0 Å². The highest BCUT2D eigenvalue weighted by Gasteiger charge is 2.45. The third-order valence-electron chi connectivity index (χ3n) is 2.14. The van der Waals surface area contributed by atoms with Crippen LogP contribution in [0.25, 0.3) is 0 Å². The molecule has 1 aliphatic heterocycles. The van der Waals surface area contributed by atoms with E-state index in [9.17, 15) is 26.4 Å². The highest BCUT2D eigenvalue weighted by Crippen LogP contribution is 2.23. The Morgan fingerprint density at radius 1 is 1.40 bits per heavy atom. The van der Waals surface area contributed by atoms with Gasteiger partial charge in [-0.1, -0.05) is 0 Å². The van der Waals surface area contributed by atoms with E-state index in [-0.39, 0.29) is 13.0 Å². The van der Waals surface area contributed by atoms with Crippen molar-refractivity contribution < 1.29 is 26.4 Å². The smallest absolute Gasteiger partial charge is 0.333 e. The average molecular weight is 246 g/mol. The molecule has 1 amide bonds. The summed E-state index contributed by atoms with van der Waals surface area (Å²) in [6, 6.07) is 0. The summed E-state index contributed by atoms with van der Waals surface area (Å²) in [5.74, 6) is -2.02. The zero-order valence-corrected chi connectivity index (χ0v) is 8.31. The molecule has 0 aliphatic carbocycles. The predicted molar refractivity (Wildman–Crippen MR) is 44.1 cm³/mol. The first-order chi connectivity index (χ1) is 6.62. The van der Waals surface area contributed by atoms with Crippen molar-refractivity contribution in [3.05, 3.63) is 0 Å². The summed E-state index contributed by atoms with van der Waals surface area (Å²) in [6.45, 7) is -0.726. The molecule has 0 radical (unpaired) electrons. The maximum Gasteiger partial charge on any atom is 0.471 e. The lowest BCUT2D eigenvalue weighted by Crippen LogP contribution is -2.41. The molecule has 2 N–H and O–H groups in total. The number of rotatable bonds is 1. The largest absolute Gasteiger partial charge is 0.471 e. The Balaban J connectivity index is 2.70. The fourth-order valence-electron chi connectivity index (χ4n) is 1.36. The standard InChI is InChI=1S/C6H9F3N2O3S/c7-6(8,9)5(12)11-2-1-4(3-11)15(10,13)14/h4H,1-3H2,(H2,10,13,14). The van der Waals surface area contributed by atoms with Crippen molar-refractivity contribution in [1.29, 1.82) is 0 Å². The van der Waals surface area contributed by atoms with Crippen molar-refractivity contribution in [2.45, 2.75) is 17.8 Å². The fourth-order valence-corrected chi connectivity index (χ4v) is 2.18. The highest BCUT2D eigenvalue weighted by atomic mass is 32.2. The molecule has 0 aromatic heterocycles. The molecular formula is C6H9F3N2O3S. The molecule has 0 saturated carbocycles. The molecule has 1 unspecified atom stereocenters. The summed E-state index contributed by atoms with van der Waals surface area (Å²) in [5, 5.41) is 3.67. The number of carbonyl (C=O) groups is 1. The molecule has 1 heterocycles. The second-order valence-electron chi connectivity index (χ2n) is 3.25. The summed E-state index contributed by atoms with van der Waals surface area (Å²) in [5.41, 5.74) is 0. The summed E-state index contributed by atoms with van der Waals surface area (Å²) in [4.78, 5) is 11.2. The van der Waals surface area contributed by atoms with Gasteiger partial charge in [-0.3, -0.25) is 4.79 Å². The van der Waals surface area contributed by atoms with E-state index in [0.717, 1.165) is 0 Å². The Bertz CT molecular complexity index is 364. The molecular weight excluding hydrogens is 237 g/mol. The number of amides is 1. The number of primary sulfonamides is 1. The number of nitrogens with zero attached hydrogens (tertiary/aromatic N) is 1. The lowest BCUT2D eigenvalue weighted by molar-refractivity contribution is -0.184. The van der Waals surface area contributed by atoms with E-state index in [4.69, 9.17) is 5.14 Å². The van der Waals surface area contributed by atoms with Crippen LogP contribution in [-0.2, 0) is 14.8 Å². The maximum absolute atomic E-state index is 12.0. The van der Waals surface area contributed by atoms with Crippen LogP contribution >= 0.6 is 0 Å². The van der Waals surface area contributed by atoms with Crippen LogP contribution in [0.4, 0.5) is 13.2 Å². The molecule has 15 heavy (non-hydrogen) atoms. The first kappa shape index (κ1) is 12.2. The Labute approximate surface area is 84.1 Å². The predicted octanol–water partition coefficient (Wildman–Crippen LogP) is -0.562. The van der Waals surface area contributed by atoms with Crippen molar-refractivity contribution in [3.63, 3.8) is 0 Å². The highest BCUT2D eigenvalue weighted by molar-refractivity contribution is 7.89. The number of likely N-dealkylation sites (tertiary alicyclic amines) is 1. The van der Waals surface area contributed by atoms with Crippen molar-refractivity contribution in [2.75, 3.05) is 13.1 Å². The minimum Gasteiger partial charge on any atom is -0.333 e. The number of hydrogen-bond acceptors (Lipinski definition) is 3. The molecule has 0 aromatic rings. The van der Waals surface area contributed by atoms with Gasteiger partial charge in [0, 0.05) is 13.1 Å². The summed E-state index contributed by atoms with van der Waals surface area (Å²) < 4.78 is 57.5. The normalized spacial score (nSPS) is 23.2. The molecule has 1 rings (SSSR count). The van der Waals surface area contributed by atoms with E-state index >= 15 is 0 Å². The quantitative estimate of drug-likeness (QED) is 0.673. The van der Waals surface area contributed by atoms with Crippen molar-refractivity contribution >= 4 is 15.9 Å². The zero-order chi connectivity index (χ0) is 11.9. The van der Waals surface area contributed by atoms with Crippen LogP contribution < -0.4 is 5.14 Å². The summed E-state index contributed by atoms with van der Waals surface area (Å²) in [6.07, 6.45) is -5.02. The van der Waals surface area contributed by atoms with E-state index < -0.39 is 33.9 Å². The van der Waals surface area contributed by atoms with Crippen molar-refractivity contribution in [2.24, 2.45) is 5.14 Å². The molecule has 0 aromatic carbocycles. The Kier molecular flexibility index (Phi) is 2.97. The monoisotopic (exact) mass is 246 g/mol. The van der Waals surface area contributed by atoms with Crippen LogP contribution in [0.5, 0.6) is 0 Å². The second kappa shape index (κ2) is 3.63. The molecule has 1 saturated heterocycles. The molecule has 88 valence electrons. The van der Waals surface area contributed by atoms with Crippen LogP contribution in [0.15, 0.2) is 0 Å². The first-order valence-corrected chi connectivity index (χ1v) is 5.61. The van der Waals surface area contributed by atoms with Gasteiger partial charge in [0.25, 0.3) is 0 Å².